The maximum Gasteiger partial charge on any atom is 0.252 e. The lowest BCUT2D eigenvalue weighted by Crippen LogP contribution is -2.30. The maximum absolute atomic E-state index is 12.4. The van der Waals surface area contributed by atoms with Gasteiger partial charge in [0.05, 0.1) is 5.56 Å². The van der Waals surface area contributed by atoms with Gasteiger partial charge in [-0.15, -0.1) is 11.3 Å². The van der Waals surface area contributed by atoms with Crippen molar-refractivity contribution in [3.63, 3.8) is 0 Å². The minimum absolute atomic E-state index is 0.192. The van der Waals surface area contributed by atoms with Crippen LogP contribution in [0.1, 0.15) is 21.5 Å². The molecule has 0 radical (unpaired) electrons. The molecule has 0 spiro atoms. The van der Waals surface area contributed by atoms with Gasteiger partial charge in [-0.25, -0.2) is 4.98 Å². The first-order valence-electron chi connectivity index (χ1n) is 8.75. The molecule has 0 aliphatic carbocycles. The van der Waals surface area contributed by atoms with Gasteiger partial charge in [-0.3, -0.25) is 14.4 Å². The van der Waals surface area contributed by atoms with Crippen LogP contribution in [0.15, 0.2) is 59.0 Å². The Bertz CT molecular complexity index is 1030. The number of carbonyl (C=O) groups is 2. The van der Waals surface area contributed by atoms with Crippen molar-refractivity contribution < 1.29 is 9.59 Å². The fraction of sp³-hybridized carbons (Fsp3) is 0.200. The number of aromatic nitrogens is 2. The Morgan fingerprint density at radius 3 is 2.82 bits per heavy atom. The molecule has 2 heterocycles. The van der Waals surface area contributed by atoms with E-state index >= 15 is 0 Å². The molecule has 0 unspecified atom stereocenters. The second-order valence-electron chi connectivity index (χ2n) is 6.26. The van der Waals surface area contributed by atoms with Crippen molar-refractivity contribution in [2.24, 2.45) is 0 Å². The lowest BCUT2D eigenvalue weighted by atomic mass is 10.1. The molecule has 3 rings (SSSR count). The Morgan fingerprint density at radius 1 is 1.21 bits per heavy atom. The van der Waals surface area contributed by atoms with Crippen LogP contribution in [0, 0.1) is 6.92 Å². The third-order valence-electron chi connectivity index (χ3n) is 4.02. The van der Waals surface area contributed by atoms with E-state index in [-0.39, 0.29) is 23.9 Å². The van der Waals surface area contributed by atoms with Crippen molar-refractivity contribution in [1.29, 1.82) is 0 Å². The van der Waals surface area contributed by atoms with Gasteiger partial charge < -0.3 is 15.2 Å². The highest BCUT2D eigenvalue weighted by molar-refractivity contribution is 7.13. The van der Waals surface area contributed by atoms with E-state index in [0.29, 0.717) is 23.7 Å². The highest BCUT2D eigenvalue weighted by Crippen LogP contribution is 2.10. The van der Waals surface area contributed by atoms with Crippen LogP contribution in [-0.4, -0.2) is 27.9 Å². The molecule has 1 aromatic carbocycles. The summed E-state index contributed by atoms with van der Waals surface area (Å²) in [6.07, 6.45) is 3.68. The number of nitrogens with zero attached hydrogens (tertiary/aromatic N) is 2. The van der Waals surface area contributed by atoms with Crippen LogP contribution in [0.25, 0.3) is 0 Å². The molecule has 8 heteroatoms. The van der Waals surface area contributed by atoms with Crippen LogP contribution in [0.4, 0.5) is 5.13 Å². The monoisotopic (exact) mass is 396 g/mol. The summed E-state index contributed by atoms with van der Waals surface area (Å²) in [6.45, 7) is 2.31. The van der Waals surface area contributed by atoms with Gasteiger partial charge in [0.15, 0.2) is 5.13 Å². The number of hydrogen-bond donors (Lipinski definition) is 2. The van der Waals surface area contributed by atoms with Gasteiger partial charge in [0.1, 0.15) is 6.54 Å². The second-order valence-corrected chi connectivity index (χ2v) is 7.16. The lowest BCUT2D eigenvalue weighted by molar-refractivity contribution is -0.116. The van der Waals surface area contributed by atoms with E-state index in [4.69, 9.17) is 0 Å². The molecule has 144 valence electrons. The molecule has 0 saturated carbocycles. The van der Waals surface area contributed by atoms with E-state index in [2.05, 4.69) is 21.7 Å². The molecule has 0 aliphatic rings. The van der Waals surface area contributed by atoms with E-state index in [1.807, 2.05) is 25.1 Å². The first kappa shape index (κ1) is 19.5. The Morgan fingerprint density at radius 2 is 2.07 bits per heavy atom. The number of amides is 2. The van der Waals surface area contributed by atoms with Crippen LogP contribution in [0.2, 0.25) is 0 Å². The SMILES string of the molecule is Cc1cccc(CCNC(=O)c2ccc(=O)n(CC(=O)Nc3nccs3)c2)c1. The standard InChI is InChI=1S/C20H20N4O3S/c1-14-3-2-4-15(11-14)7-8-21-19(27)16-5-6-18(26)24(12-16)13-17(25)23-20-22-9-10-28-20/h2-6,9-12H,7-8,13H2,1H3,(H,21,27)(H,22,23,25). The van der Waals surface area contributed by atoms with Gasteiger partial charge in [-0.05, 0) is 25.0 Å². The maximum atomic E-state index is 12.4. The lowest BCUT2D eigenvalue weighted by Gasteiger charge is -2.09. The van der Waals surface area contributed by atoms with E-state index in [1.165, 1.54) is 39.8 Å². The van der Waals surface area contributed by atoms with Crippen molar-refractivity contribution in [1.82, 2.24) is 14.9 Å². The number of thiazole rings is 1. The van der Waals surface area contributed by atoms with Crippen molar-refractivity contribution in [3.8, 4) is 0 Å². The van der Waals surface area contributed by atoms with Crippen LogP contribution in [-0.2, 0) is 17.8 Å². The van der Waals surface area contributed by atoms with Gasteiger partial charge in [-0.1, -0.05) is 29.8 Å². The average molecular weight is 396 g/mol. The molecule has 0 atom stereocenters. The molecule has 0 saturated heterocycles. The Kier molecular flexibility index (Phi) is 6.33. The number of nitrogens with one attached hydrogen (secondary N) is 2. The summed E-state index contributed by atoms with van der Waals surface area (Å²) < 4.78 is 1.21. The molecule has 0 aliphatic heterocycles. The van der Waals surface area contributed by atoms with Crippen molar-refractivity contribution in [2.45, 2.75) is 19.9 Å². The number of benzene rings is 1. The van der Waals surface area contributed by atoms with E-state index in [9.17, 15) is 14.4 Å². The van der Waals surface area contributed by atoms with Crippen LogP contribution >= 0.6 is 11.3 Å². The molecule has 2 aromatic heterocycles. The zero-order chi connectivity index (χ0) is 19.9. The van der Waals surface area contributed by atoms with Crippen molar-refractivity contribution >= 4 is 28.3 Å². The number of hydrogen-bond acceptors (Lipinski definition) is 5. The highest BCUT2D eigenvalue weighted by atomic mass is 32.1. The molecular formula is C20H20N4O3S. The Balaban J connectivity index is 1.59. The van der Waals surface area contributed by atoms with Crippen molar-refractivity contribution in [3.05, 3.63) is 81.2 Å². The molecule has 0 bridgehead atoms. The number of aryl methyl sites for hydroxylation is 1. The number of anilines is 1. The summed E-state index contributed by atoms with van der Waals surface area (Å²) in [6, 6.07) is 10.8. The van der Waals surface area contributed by atoms with Gasteiger partial charge in [0.25, 0.3) is 11.5 Å². The third kappa shape index (κ3) is 5.37. The fourth-order valence-electron chi connectivity index (χ4n) is 2.68. The van der Waals surface area contributed by atoms with Crippen LogP contribution < -0.4 is 16.2 Å². The zero-order valence-electron chi connectivity index (χ0n) is 15.3. The minimum atomic E-state index is -0.381. The summed E-state index contributed by atoms with van der Waals surface area (Å²) in [4.78, 5) is 40.4. The van der Waals surface area contributed by atoms with E-state index in [0.717, 1.165) is 5.56 Å². The predicted molar refractivity (Wildman–Crippen MR) is 109 cm³/mol. The summed E-state index contributed by atoms with van der Waals surface area (Å²) in [7, 11) is 0. The Hall–Kier alpha value is -3.26. The third-order valence-corrected chi connectivity index (χ3v) is 4.71. The largest absolute Gasteiger partial charge is 0.352 e. The molecular weight excluding hydrogens is 376 g/mol. The topological polar surface area (TPSA) is 93.1 Å². The second kappa shape index (κ2) is 9.09. The van der Waals surface area contributed by atoms with Crippen molar-refractivity contribution in [2.75, 3.05) is 11.9 Å². The highest BCUT2D eigenvalue weighted by Gasteiger charge is 2.11. The van der Waals surface area contributed by atoms with Gasteiger partial charge in [0, 0.05) is 30.4 Å². The molecule has 0 fully saturated rings. The Labute approximate surface area is 166 Å². The summed E-state index contributed by atoms with van der Waals surface area (Å²) in [5.41, 5.74) is 2.28. The van der Waals surface area contributed by atoms with E-state index < -0.39 is 0 Å². The van der Waals surface area contributed by atoms with Crippen LogP contribution in [0.3, 0.4) is 0 Å². The summed E-state index contributed by atoms with van der Waals surface area (Å²) >= 11 is 1.29. The van der Waals surface area contributed by atoms with Gasteiger partial charge in [-0.2, -0.15) is 0 Å². The zero-order valence-corrected chi connectivity index (χ0v) is 16.2. The molecule has 3 aromatic rings. The fourth-order valence-corrected chi connectivity index (χ4v) is 3.22. The predicted octanol–water partition coefficient (Wildman–Crippen LogP) is 2.22. The first-order valence-corrected chi connectivity index (χ1v) is 9.63. The normalized spacial score (nSPS) is 10.5. The van der Waals surface area contributed by atoms with Gasteiger partial charge >= 0.3 is 0 Å². The average Bonchev–Trinajstić information content (AvgIpc) is 3.16. The number of rotatable bonds is 7. The number of pyridine rings is 1. The number of carbonyl (C=O) groups excluding carboxylic acids is 2. The summed E-state index contributed by atoms with van der Waals surface area (Å²) in [5.74, 6) is -0.671. The molecule has 7 nitrogen and oxygen atoms in total. The van der Waals surface area contributed by atoms with Crippen LogP contribution in [0.5, 0.6) is 0 Å². The molecule has 2 amide bonds. The molecule has 2 N–H and O–H groups in total. The summed E-state index contributed by atoms with van der Waals surface area (Å²) in [5, 5.41) is 7.65. The van der Waals surface area contributed by atoms with E-state index in [1.54, 1.807) is 11.6 Å². The van der Waals surface area contributed by atoms with Gasteiger partial charge in [0.2, 0.25) is 5.91 Å². The molecule has 28 heavy (non-hydrogen) atoms. The smallest absolute Gasteiger partial charge is 0.252 e. The minimum Gasteiger partial charge on any atom is -0.352 e. The first-order chi connectivity index (χ1) is 13.5. The quantitative estimate of drug-likeness (QED) is 0.640.